The van der Waals surface area contributed by atoms with Crippen LogP contribution >= 0.6 is 11.6 Å². The molecule has 0 aliphatic heterocycles. The second-order valence-electron chi connectivity index (χ2n) is 3.79. The Bertz CT molecular complexity index is 602. The summed E-state index contributed by atoms with van der Waals surface area (Å²) in [5, 5.41) is 0.422. The average molecular weight is 281 g/mol. The zero-order chi connectivity index (χ0) is 13.8. The normalized spacial score (nSPS) is 10.3. The maximum Gasteiger partial charge on any atom is 0.337 e. The molecule has 0 atom stereocenters. The molecule has 0 amide bonds. The van der Waals surface area contributed by atoms with Gasteiger partial charge in [-0.25, -0.2) is 19.2 Å². The molecule has 2 aromatic rings. The maximum atomic E-state index is 13.8. The summed E-state index contributed by atoms with van der Waals surface area (Å²) in [4.78, 5) is 19.2. The van der Waals surface area contributed by atoms with E-state index in [1.54, 1.807) is 0 Å². The largest absolute Gasteiger partial charge is 0.465 e. The van der Waals surface area contributed by atoms with E-state index in [1.165, 1.54) is 31.6 Å². The molecule has 0 aliphatic rings. The molecule has 0 spiro atoms. The number of aromatic nitrogens is 2. The van der Waals surface area contributed by atoms with Crippen molar-refractivity contribution in [3.8, 4) is 0 Å². The molecule has 0 N–H and O–H groups in total. The summed E-state index contributed by atoms with van der Waals surface area (Å²) in [6.45, 7) is 0. The Hall–Kier alpha value is -2.01. The number of halogens is 2. The van der Waals surface area contributed by atoms with Gasteiger partial charge in [-0.1, -0.05) is 17.7 Å². The van der Waals surface area contributed by atoms with Gasteiger partial charge in [-0.3, -0.25) is 0 Å². The SMILES string of the molecule is COC(=O)c1ccc(Cc2ncc(Cl)cn2)c(F)c1. The third-order valence-corrected chi connectivity index (χ3v) is 2.69. The molecular formula is C13H10ClFN2O2. The first-order valence-electron chi connectivity index (χ1n) is 5.43. The number of methoxy groups -OCH3 is 1. The van der Waals surface area contributed by atoms with Crippen molar-refractivity contribution in [2.75, 3.05) is 7.11 Å². The lowest BCUT2D eigenvalue weighted by Gasteiger charge is -2.04. The Kier molecular flexibility index (Phi) is 4.06. The maximum absolute atomic E-state index is 13.8. The van der Waals surface area contributed by atoms with Crippen LogP contribution in [0.25, 0.3) is 0 Å². The smallest absolute Gasteiger partial charge is 0.337 e. The molecule has 0 aliphatic carbocycles. The third kappa shape index (κ3) is 3.26. The minimum atomic E-state index is -0.576. The highest BCUT2D eigenvalue weighted by Crippen LogP contribution is 2.14. The van der Waals surface area contributed by atoms with Crippen LogP contribution in [-0.2, 0) is 11.2 Å². The van der Waals surface area contributed by atoms with Crippen LogP contribution in [0.2, 0.25) is 5.02 Å². The number of esters is 1. The van der Waals surface area contributed by atoms with Crippen molar-refractivity contribution >= 4 is 17.6 Å². The lowest BCUT2D eigenvalue weighted by molar-refractivity contribution is 0.0600. The fourth-order valence-electron chi connectivity index (χ4n) is 1.54. The standard InChI is InChI=1S/C13H10ClFN2O2/c1-19-13(18)9-3-2-8(11(15)4-9)5-12-16-6-10(14)7-17-12/h2-4,6-7H,5H2,1H3. The van der Waals surface area contributed by atoms with Crippen LogP contribution < -0.4 is 0 Å². The topological polar surface area (TPSA) is 52.1 Å². The summed E-state index contributed by atoms with van der Waals surface area (Å²) in [7, 11) is 1.25. The van der Waals surface area contributed by atoms with E-state index in [-0.39, 0.29) is 12.0 Å². The van der Waals surface area contributed by atoms with E-state index < -0.39 is 11.8 Å². The van der Waals surface area contributed by atoms with Gasteiger partial charge in [0.1, 0.15) is 11.6 Å². The summed E-state index contributed by atoms with van der Waals surface area (Å²) >= 11 is 5.67. The number of benzene rings is 1. The fourth-order valence-corrected chi connectivity index (χ4v) is 1.63. The van der Waals surface area contributed by atoms with Crippen LogP contribution in [0, 0.1) is 5.82 Å². The number of ether oxygens (including phenoxy) is 1. The Morgan fingerprint density at radius 2 is 2.05 bits per heavy atom. The molecule has 1 aromatic heterocycles. The number of nitrogens with zero attached hydrogens (tertiary/aromatic N) is 2. The first-order valence-corrected chi connectivity index (χ1v) is 5.81. The molecule has 19 heavy (non-hydrogen) atoms. The molecule has 0 saturated carbocycles. The van der Waals surface area contributed by atoms with Gasteiger partial charge in [0.05, 0.1) is 17.7 Å². The van der Waals surface area contributed by atoms with Gasteiger partial charge in [0.15, 0.2) is 0 Å². The quantitative estimate of drug-likeness (QED) is 0.811. The van der Waals surface area contributed by atoms with E-state index in [9.17, 15) is 9.18 Å². The number of carbonyl (C=O) groups excluding carboxylic acids is 1. The monoisotopic (exact) mass is 280 g/mol. The molecule has 0 bridgehead atoms. The van der Waals surface area contributed by atoms with E-state index in [2.05, 4.69) is 14.7 Å². The molecule has 1 heterocycles. The molecule has 0 radical (unpaired) electrons. The number of carbonyl (C=O) groups is 1. The van der Waals surface area contributed by atoms with E-state index in [4.69, 9.17) is 11.6 Å². The predicted octanol–water partition coefficient (Wildman–Crippen LogP) is 2.65. The van der Waals surface area contributed by atoms with E-state index in [0.29, 0.717) is 16.4 Å². The summed E-state index contributed by atoms with van der Waals surface area (Å²) in [5.41, 5.74) is 0.566. The zero-order valence-electron chi connectivity index (χ0n) is 10.1. The molecule has 0 unspecified atom stereocenters. The van der Waals surface area contributed by atoms with Gasteiger partial charge < -0.3 is 4.74 Å². The van der Waals surface area contributed by atoms with Gasteiger partial charge in [0, 0.05) is 18.8 Å². The van der Waals surface area contributed by atoms with Crippen molar-refractivity contribution in [2.24, 2.45) is 0 Å². The van der Waals surface area contributed by atoms with Crippen LogP contribution in [-0.4, -0.2) is 23.0 Å². The molecule has 0 fully saturated rings. The Morgan fingerprint density at radius 1 is 1.37 bits per heavy atom. The minimum absolute atomic E-state index is 0.167. The highest BCUT2D eigenvalue weighted by atomic mass is 35.5. The van der Waals surface area contributed by atoms with Gasteiger partial charge in [-0.2, -0.15) is 0 Å². The second kappa shape index (κ2) is 5.75. The number of rotatable bonds is 3. The van der Waals surface area contributed by atoms with Crippen molar-refractivity contribution < 1.29 is 13.9 Å². The lowest BCUT2D eigenvalue weighted by Crippen LogP contribution is -2.04. The third-order valence-electron chi connectivity index (χ3n) is 2.50. The van der Waals surface area contributed by atoms with Crippen LogP contribution in [0.1, 0.15) is 21.7 Å². The van der Waals surface area contributed by atoms with Crippen LogP contribution in [0.4, 0.5) is 4.39 Å². The van der Waals surface area contributed by atoms with Crippen molar-refractivity contribution in [1.29, 1.82) is 0 Å². The first kappa shape index (κ1) is 13.4. The summed E-state index contributed by atoms with van der Waals surface area (Å²) in [6.07, 6.45) is 3.12. The number of hydrogen-bond acceptors (Lipinski definition) is 4. The summed E-state index contributed by atoms with van der Waals surface area (Å²) in [6, 6.07) is 4.15. The summed E-state index contributed by atoms with van der Waals surface area (Å²) in [5.74, 6) is -0.622. The Morgan fingerprint density at radius 3 is 2.63 bits per heavy atom. The zero-order valence-corrected chi connectivity index (χ0v) is 10.8. The van der Waals surface area contributed by atoms with Gasteiger partial charge in [-0.05, 0) is 17.7 Å². The number of hydrogen-bond donors (Lipinski definition) is 0. The molecule has 98 valence electrons. The molecule has 6 heteroatoms. The van der Waals surface area contributed by atoms with Crippen LogP contribution in [0.15, 0.2) is 30.6 Å². The van der Waals surface area contributed by atoms with Gasteiger partial charge in [-0.15, -0.1) is 0 Å². The van der Waals surface area contributed by atoms with Gasteiger partial charge >= 0.3 is 5.97 Å². The highest BCUT2D eigenvalue weighted by molar-refractivity contribution is 6.30. The van der Waals surface area contributed by atoms with Crippen molar-refractivity contribution in [3.05, 3.63) is 58.4 Å². The van der Waals surface area contributed by atoms with Gasteiger partial charge in [0.2, 0.25) is 0 Å². The van der Waals surface area contributed by atoms with E-state index in [1.807, 2.05) is 0 Å². The molecule has 2 rings (SSSR count). The Labute approximate surface area is 114 Å². The molecule has 0 saturated heterocycles. The minimum Gasteiger partial charge on any atom is -0.465 e. The second-order valence-corrected chi connectivity index (χ2v) is 4.23. The Balaban J connectivity index is 2.22. The molecule has 1 aromatic carbocycles. The highest BCUT2D eigenvalue weighted by Gasteiger charge is 2.11. The van der Waals surface area contributed by atoms with Crippen molar-refractivity contribution in [3.63, 3.8) is 0 Å². The molecular weight excluding hydrogens is 271 g/mol. The average Bonchev–Trinajstić information content (AvgIpc) is 2.42. The summed E-state index contributed by atoms with van der Waals surface area (Å²) < 4.78 is 18.3. The van der Waals surface area contributed by atoms with Crippen LogP contribution in [0.3, 0.4) is 0 Å². The van der Waals surface area contributed by atoms with Crippen molar-refractivity contribution in [2.45, 2.75) is 6.42 Å². The van der Waals surface area contributed by atoms with E-state index in [0.717, 1.165) is 6.07 Å². The molecule has 4 nitrogen and oxygen atoms in total. The van der Waals surface area contributed by atoms with Gasteiger partial charge in [0.25, 0.3) is 0 Å². The van der Waals surface area contributed by atoms with Crippen LogP contribution in [0.5, 0.6) is 0 Å². The van der Waals surface area contributed by atoms with Crippen molar-refractivity contribution in [1.82, 2.24) is 9.97 Å². The van der Waals surface area contributed by atoms with E-state index >= 15 is 0 Å². The fraction of sp³-hybridized carbons (Fsp3) is 0.154. The lowest BCUT2D eigenvalue weighted by atomic mass is 10.1. The first-order chi connectivity index (χ1) is 9.10. The predicted molar refractivity (Wildman–Crippen MR) is 67.6 cm³/mol.